The number of alkyl halides is 3. The van der Waals surface area contributed by atoms with Crippen molar-refractivity contribution in [3.8, 4) is 5.75 Å². The summed E-state index contributed by atoms with van der Waals surface area (Å²) >= 11 is 0. The van der Waals surface area contributed by atoms with E-state index in [4.69, 9.17) is 4.74 Å². The van der Waals surface area contributed by atoms with Crippen LogP contribution in [0.5, 0.6) is 5.75 Å². The number of carbonyl (C=O) groups is 2. The van der Waals surface area contributed by atoms with Gasteiger partial charge in [-0.3, -0.25) is 14.3 Å². The third kappa shape index (κ3) is 4.13. The lowest BCUT2D eigenvalue weighted by atomic mass is 10.1. The maximum absolute atomic E-state index is 14.0. The SMILES string of the molecule is COc1ccc(C(=O)Nc2cnn3c2C(=O)N(c2ccc(C(F)(F)F)cc2)C[C@@H]3C)cc1F. The van der Waals surface area contributed by atoms with Crippen LogP contribution in [0.2, 0.25) is 0 Å². The van der Waals surface area contributed by atoms with E-state index in [0.29, 0.717) is 0 Å². The van der Waals surface area contributed by atoms with Crippen molar-refractivity contribution in [3.05, 3.63) is 71.3 Å². The van der Waals surface area contributed by atoms with Crippen molar-refractivity contribution < 1.29 is 31.9 Å². The standard InChI is InChI=1S/C22H18F4N4O3/c1-12-11-29(15-6-4-14(5-7-15)22(24,25)26)21(32)19-17(10-27-30(12)19)28-20(31)13-3-8-18(33-2)16(23)9-13/h3-10,12H,11H2,1-2H3,(H,28,31)/t12-/m0/s1. The number of nitrogens with zero attached hydrogens (tertiary/aromatic N) is 3. The third-order valence-corrected chi connectivity index (χ3v) is 5.28. The Morgan fingerprint density at radius 2 is 1.88 bits per heavy atom. The number of methoxy groups -OCH3 is 1. The number of amides is 2. The van der Waals surface area contributed by atoms with E-state index in [1.165, 1.54) is 47.2 Å². The summed E-state index contributed by atoms with van der Waals surface area (Å²) in [4.78, 5) is 27.2. The molecule has 1 aromatic heterocycles. The van der Waals surface area contributed by atoms with E-state index in [-0.39, 0.29) is 41.0 Å². The molecule has 1 N–H and O–H groups in total. The van der Waals surface area contributed by atoms with Crippen LogP contribution in [0.3, 0.4) is 0 Å². The second-order valence-electron chi connectivity index (χ2n) is 7.46. The van der Waals surface area contributed by atoms with Crippen LogP contribution in [0, 0.1) is 5.82 Å². The lowest BCUT2D eigenvalue weighted by Gasteiger charge is -2.32. The first-order valence-electron chi connectivity index (χ1n) is 9.81. The Hall–Kier alpha value is -3.89. The molecule has 1 aliphatic heterocycles. The van der Waals surface area contributed by atoms with Gasteiger partial charge in [-0.15, -0.1) is 0 Å². The minimum atomic E-state index is -4.49. The lowest BCUT2D eigenvalue weighted by molar-refractivity contribution is -0.137. The summed E-state index contributed by atoms with van der Waals surface area (Å²) in [5.41, 5.74) is -0.375. The number of benzene rings is 2. The molecular formula is C22H18F4N4O3. The molecule has 2 amide bonds. The molecule has 4 rings (SSSR count). The summed E-state index contributed by atoms with van der Waals surface area (Å²) in [5.74, 6) is -1.95. The number of anilines is 2. The van der Waals surface area contributed by atoms with Crippen LogP contribution in [-0.4, -0.2) is 35.2 Å². The quantitative estimate of drug-likeness (QED) is 0.579. The van der Waals surface area contributed by atoms with E-state index >= 15 is 0 Å². The molecule has 0 saturated heterocycles. The summed E-state index contributed by atoms with van der Waals surface area (Å²) in [6, 6.07) is 7.60. The number of fused-ring (bicyclic) bond motifs is 1. The zero-order valence-corrected chi connectivity index (χ0v) is 17.5. The van der Waals surface area contributed by atoms with Crippen LogP contribution in [0.25, 0.3) is 0 Å². The lowest BCUT2D eigenvalue weighted by Crippen LogP contribution is -2.43. The Morgan fingerprint density at radius 1 is 1.18 bits per heavy atom. The first kappa shape index (κ1) is 22.3. The molecule has 2 heterocycles. The van der Waals surface area contributed by atoms with Crippen molar-refractivity contribution in [2.24, 2.45) is 0 Å². The molecule has 11 heteroatoms. The molecular weight excluding hydrogens is 444 g/mol. The van der Waals surface area contributed by atoms with Crippen molar-refractivity contribution in [1.82, 2.24) is 9.78 Å². The molecule has 3 aromatic rings. The van der Waals surface area contributed by atoms with E-state index in [0.717, 1.165) is 18.2 Å². The highest BCUT2D eigenvalue weighted by molar-refractivity contribution is 6.13. The van der Waals surface area contributed by atoms with Crippen LogP contribution < -0.4 is 15.0 Å². The maximum Gasteiger partial charge on any atom is 0.416 e. The number of nitrogens with one attached hydrogen (secondary N) is 1. The van der Waals surface area contributed by atoms with Gasteiger partial charge in [-0.1, -0.05) is 0 Å². The van der Waals surface area contributed by atoms with Gasteiger partial charge in [0, 0.05) is 17.8 Å². The molecule has 0 unspecified atom stereocenters. The minimum absolute atomic E-state index is 0.00384. The third-order valence-electron chi connectivity index (χ3n) is 5.28. The first-order chi connectivity index (χ1) is 15.6. The molecule has 0 radical (unpaired) electrons. The molecule has 7 nitrogen and oxygen atoms in total. The average Bonchev–Trinajstić information content (AvgIpc) is 3.20. The number of rotatable bonds is 4. The van der Waals surface area contributed by atoms with Gasteiger partial charge >= 0.3 is 6.18 Å². The van der Waals surface area contributed by atoms with Crippen LogP contribution in [0.4, 0.5) is 28.9 Å². The summed E-state index contributed by atoms with van der Waals surface area (Å²) in [6.45, 7) is 1.96. The Bertz CT molecular complexity index is 1220. The van der Waals surface area contributed by atoms with Gasteiger partial charge in [0.15, 0.2) is 17.3 Å². The van der Waals surface area contributed by atoms with Gasteiger partial charge in [-0.25, -0.2) is 4.39 Å². The summed E-state index contributed by atoms with van der Waals surface area (Å²) < 4.78 is 58.9. The fourth-order valence-corrected chi connectivity index (χ4v) is 3.61. The molecule has 0 fully saturated rings. The zero-order valence-electron chi connectivity index (χ0n) is 17.5. The van der Waals surface area contributed by atoms with Crippen molar-refractivity contribution in [3.63, 3.8) is 0 Å². The molecule has 0 spiro atoms. The van der Waals surface area contributed by atoms with Gasteiger partial charge in [0.25, 0.3) is 11.8 Å². The molecule has 1 aliphatic rings. The molecule has 0 aliphatic carbocycles. The number of aromatic nitrogens is 2. The highest BCUT2D eigenvalue weighted by Gasteiger charge is 2.35. The van der Waals surface area contributed by atoms with E-state index in [1.54, 1.807) is 6.92 Å². The van der Waals surface area contributed by atoms with Gasteiger partial charge in [0.1, 0.15) is 0 Å². The van der Waals surface area contributed by atoms with Gasteiger partial charge in [-0.2, -0.15) is 18.3 Å². The predicted molar refractivity (Wildman–Crippen MR) is 111 cm³/mol. The normalized spacial score (nSPS) is 15.9. The maximum atomic E-state index is 14.0. The monoisotopic (exact) mass is 462 g/mol. The smallest absolute Gasteiger partial charge is 0.416 e. The fraction of sp³-hybridized carbons (Fsp3) is 0.227. The Kier molecular flexibility index (Phi) is 5.56. The van der Waals surface area contributed by atoms with Crippen LogP contribution >= 0.6 is 0 Å². The van der Waals surface area contributed by atoms with E-state index < -0.39 is 29.4 Å². The van der Waals surface area contributed by atoms with Gasteiger partial charge in [-0.05, 0) is 49.4 Å². The molecule has 0 saturated carbocycles. The zero-order chi connectivity index (χ0) is 23.9. The number of hydrogen-bond acceptors (Lipinski definition) is 4. The van der Waals surface area contributed by atoms with Crippen LogP contribution in [-0.2, 0) is 6.18 Å². The Balaban J connectivity index is 1.61. The van der Waals surface area contributed by atoms with E-state index in [2.05, 4.69) is 10.4 Å². The van der Waals surface area contributed by atoms with E-state index in [9.17, 15) is 27.2 Å². The summed E-state index contributed by atoms with van der Waals surface area (Å²) in [7, 11) is 1.30. The van der Waals surface area contributed by atoms with Crippen molar-refractivity contribution in [2.45, 2.75) is 19.1 Å². The molecule has 1 atom stereocenters. The number of ether oxygens (including phenoxy) is 1. The highest BCUT2D eigenvalue weighted by Crippen LogP contribution is 2.33. The van der Waals surface area contributed by atoms with Crippen molar-refractivity contribution in [1.29, 1.82) is 0 Å². The van der Waals surface area contributed by atoms with Crippen LogP contribution in [0.15, 0.2) is 48.7 Å². The molecule has 172 valence electrons. The second-order valence-corrected chi connectivity index (χ2v) is 7.46. The van der Waals surface area contributed by atoms with Crippen LogP contribution in [0.1, 0.15) is 39.4 Å². The van der Waals surface area contributed by atoms with E-state index in [1.807, 2.05) is 0 Å². The van der Waals surface area contributed by atoms with Gasteiger partial charge in [0.05, 0.1) is 30.6 Å². The van der Waals surface area contributed by atoms with Crippen molar-refractivity contribution >= 4 is 23.2 Å². The highest BCUT2D eigenvalue weighted by atomic mass is 19.4. The second kappa shape index (κ2) is 8.23. The predicted octanol–water partition coefficient (Wildman–Crippen LogP) is 4.52. The Morgan fingerprint density at radius 3 is 2.48 bits per heavy atom. The Labute approximate surface area is 185 Å². The largest absolute Gasteiger partial charge is 0.494 e. The number of halogens is 4. The molecule has 33 heavy (non-hydrogen) atoms. The number of hydrogen-bond donors (Lipinski definition) is 1. The average molecular weight is 462 g/mol. The summed E-state index contributed by atoms with van der Waals surface area (Å²) in [5, 5.41) is 6.72. The minimum Gasteiger partial charge on any atom is -0.494 e. The van der Waals surface area contributed by atoms with Gasteiger partial charge in [0.2, 0.25) is 0 Å². The van der Waals surface area contributed by atoms with Gasteiger partial charge < -0.3 is 15.0 Å². The number of carbonyl (C=O) groups excluding carboxylic acids is 2. The molecule has 0 bridgehead atoms. The first-order valence-corrected chi connectivity index (χ1v) is 9.81. The van der Waals surface area contributed by atoms with Crippen molar-refractivity contribution in [2.75, 3.05) is 23.9 Å². The fourth-order valence-electron chi connectivity index (χ4n) is 3.61. The summed E-state index contributed by atoms with van der Waals surface area (Å²) in [6.07, 6.45) is -3.19. The topological polar surface area (TPSA) is 76.5 Å². The molecule has 2 aromatic carbocycles.